The summed E-state index contributed by atoms with van der Waals surface area (Å²) in [5.41, 5.74) is 2.94. The maximum atomic E-state index is 12.0. The molecule has 0 bridgehead atoms. The van der Waals surface area contributed by atoms with E-state index in [1.807, 2.05) is 48.6 Å². The molecule has 0 heterocycles. The number of hydrogen-bond acceptors (Lipinski definition) is 6. The summed E-state index contributed by atoms with van der Waals surface area (Å²) >= 11 is 0. The van der Waals surface area contributed by atoms with Gasteiger partial charge in [0.25, 0.3) is 5.78 Å². The first-order valence-corrected chi connectivity index (χ1v) is 8.56. The average molecular weight is 376 g/mol. The second kappa shape index (κ2) is 8.81. The quantitative estimate of drug-likeness (QED) is 0.733. The Morgan fingerprint density at radius 1 is 0.821 bits per heavy atom. The van der Waals surface area contributed by atoms with E-state index in [9.17, 15) is 4.79 Å². The van der Waals surface area contributed by atoms with E-state index in [1.165, 1.54) is 14.2 Å². The SMILES string of the molecule is COC1=CC(=CN=C2C=CC(=Nc3ccccc3)C=C2OC)C=C(OC)C1=O. The van der Waals surface area contributed by atoms with E-state index < -0.39 is 0 Å². The van der Waals surface area contributed by atoms with Crippen LogP contribution >= 0.6 is 0 Å². The van der Waals surface area contributed by atoms with E-state index in [-0.39, 0.29) is 17.3 Å². The lowest BCUT2D eigenvalue weighted by Gasteiger charge is -2.13. The highest BCUT2D eigenvalue weighted by molar-refractivity contribution is 6.21. The van der Waals surface area contributed by atoms with E-state index in [2.05, 4.69) is 9.98 Å². The molecule has 28 heavy (non-hydrogen) atoms. The minimum Gasteiger partial charge on any atom is -0.494 e. The van der Waals surface area contributed by atoms with Crippen LogP contribution in [0.15, 0.2) is 99.7 Å². The molecule has 2 aliphatic rings. The molecule has 0 saturated heterocycles. The van der Waals surface area contributed by atoms with Gasteiger partial charge in [-0.15, -0.1) is 0 Å². The highest BCUT2D eigenvalue weighted by atomic mass is 16.5. The fraction of sp³-hybridized carbons (Fsp3) is 0.136. The van der Waals surface area contributed by atoms with Crippen LogP contribution in [0.3, 0.4) is 0 Å². The van der Waals surface area contributed by atoms with Crippen LogP contribution < -0.4 is 0 Å². The zero-order valence-corrected chi connectivity index (χ0v) is 15.9. The Kier molecular flexibility index (Phi) is 6.01. The van der Waals surface area contributed by atoms with Crippen LogP contribution in [0.5, 0.6) is 0 Å². The van der Waals surface area contributed by atoms with Gasteiger partial charge < -0.3 is 14.2 Å². The van der Waals surface area contributed by atoms with E-state index in [1.54, 1.807) is 25.5 Å². The van der Waals surface area contributed by atoms with Crippen molar-refractivity contribution in [1.82, 2.24) is 0 Å². The fourth-order valence-corrected chi connectivity index (χ4v) is 2.61. The van der Waals surface area contributed by atoms with Gasteiger partial charge in [-0.2, -0.15) is 0 Å². The largest absolute Gasteiger partial charge is 0.494 e. The van der Waals surface area contributed by atoms with Gasteiger partial charge in [0.05, 0.1) is 32.7 Å². The lowest BCUT2D eigenvalue weighted by molar-refractivity contribution is -0.117. The van der Waals surface area contributed by atoms with Gasteiger partial charge in [0.2, 0.25) is 0 Å². The molecule has 0 amide bonds. The van der Waals surface area contributed by atoms with Crippen molar-refractivity contribution in [2.24, 2.45) is 9.98 Å². The Labute approximate surface area is 163 Å². The molecular weight excluding hydrogens is 356 g/mol. The van der Waals surface area contributed by atoms with Crippen molar-refractivity contribution in [2.75, 3.05) is 21.3 Å². The molecule has 142 valence electrons. The molecule has 0 saturated carbocycles. The third-order valence-electron chi connectivity index (χ3n) is 4.01. The number of benzene rings is 1. The highest BCUT2D eigenvalue weighted by Crippen LogP contribution is 2.21. The smallest absolute Gasteiger partial charge is 0.261 e. The number of aliphatic imine (C=N–C) groups is 2. The van der Waals surface area contributed by atoms with Gasteiger partial charge in [0, 0.05) is 17.8 Å². The monoisotopic (exact) mass is 376 g/mol. The number of carbonyl (C=O) groups is 1. The Hall–Kier alpha value is -3.67. The molecule has 0 unspecified atom stereocenters. The van der Waals surface area contributed by atoms with Crippen LogP contribution in [-0.2, 0) is 19.0 Å². The molecule has 6 heteroatoms. The molecule has 0 radical (unpaired) electrons. The molecule has 6 nitrogen and oxygen atoms in total. The summed E-state index contributed by atoms with van der Waals surface area (Å²) in [4.78, 5) is 21.1. The molecule has 1 aromatic carbocycles. The van der Waals surface area contributed by atoms with Crippen molar-refractivity contribution in [3.63, 3.8) is 0 Å². The third-order valence-corrected chi connectivity index (χ3v) is 4.01. The van der Waals surface area contributed by atoms with Gasteiger partial charge in [0.15, 0.2) is 11.5 Å². The van der Waals surface area contributed by atoms with Crippen molar-refractivity contribution in [3.05, 3.63) is 89.8 Å². The zero-order chi connectivity index (χ0) is 19.9. The van der Waals surface area contributed by atoms with Crippen LogP contribution in [0, 0.1) is 0 Å². The summed E-state index contributed by atoms with van der Waals surface area (Å²) in [7, 11) is 4.46. The predicted molar refractivity (Wildman–Crippen MR) is 108 cm³/mol. The van der Waals surface area contributed by atoms with Crippen molar-refractivity contribution in [1.29, 1.82) is 0 Å². The Morgan fingerprint density at radius 2 is 1.46 bits per heavy atom. The van der Waals surface area contributed by atoms with Crippen LogP contribution in [0.25, 0.3) is 0 Å². The van der Waals surface area contributed by atoms with Crippen LogP contribution in [-0.4, -0.2) is 38.5 Å². The number of ether oxygens (including phenoxy) is 3. The van der Waals surface area contributed by atoms with Crippen LogP contribution in [0.2, 0.25) is 0 Å². The first-order valence-electron chi connectivity index (χ1n) is 8.56. The fourth-order valence-electron chi connectivity index (χ4n) is 2.61. The maximum Gasteiger partial charge on any atom is 0.261 e. The van der Waals surface area contributed by atoms with E-state index in [0.717, 1.165) is 11.4 Å². The third kappa shape index (κ3) is 4.35. The van der Waals surface area contributed by atoms with Gasteiger partial charge >= 0.3 is 0 Å². The first kappa shape index (κ1) is 19.1. The number of para-hydroxylation sites is 1. The molecule has 2 aliphatic carbocycles. The Bertz CT molecular complexity index is 951. The first-order chi connectivity index (χ1) is 13.6. The van der Waals surface area contributed by atoms with Crippen molar-refractivity contribution in [3.8, 4) is 0 Å². The molecule has 3 rings (SSSR count). The number of nitrogens with zero attached hydrogens (tertiary/aromatic N) is 2. The van der Waals surface area contributed by atoms with Crippen LogP contribution in [0.1, 0.15) is 0 Å². The molecular formula is C22H20N2O4. The van der Waals surface area contributed by atoms with E-state index >= 15 is 0 Å². The minimum absolute atomic E-state index is 0.199. The number of rotatable bonds is 5. The number of hydrogen-bond donors (Lipinski definition) is 0. The van der Waals surface area contributed by atoms with Gasteiger partial charge in [0.1, 0.15) is 11.5 Å². The summed E-state index contributed by atoms with van der Waals surface area (Å²) in [5.74, 6) is 0.689. The molecule has 0 aromatic heterocycles. The van der Waals surface area contributed by atoms with E-state index in [4.69, 9.17) is 14.2 Å². The number of allylic oxidation sites excluding steroid dienone is 6. The summed E-state index contributed by atoms with van der Waals surface area (Å²) in [6.07, 6.45) is 10.4. The van der Waals surface area contributed by atoms with E-state index in [0.29, 0.717) is 17.0 Å². The normalized spacial score (nSPS) is 19.2. The Balaban J connectivity index is 1.88. The standard InChI is InChI=1S/C22H20N2O4/c1-26-19-13-17(24-16-7-5-4-6-8-16)9-10-18(19)23-14-15-11-20(27-2)22(25)21(12-15)28-3/h4-14H,1-3H3. The number of Topliss-reactive ketones (excluding diaryl/α,β-unsaturated/α-hetero) is 1. The summed E-state index contributed by atoms with van der Waals surface area (Å²) in [6, 6.07) is 9.67. The minimum atomic E-state index is -0.299. The van der Waals surface area contributed by atoms with Gasteiger partial charge in [-0.25, -0.2) is 4.99 Å². The van der Waals surface area contributed by atoms with Gasteiger partial charge in [-0.05, 0) is 36.4 Å². The molecule has 1 aromatic rings. The molecule has 0 spiro atoms. The number of carbonyl (C=O) groups excluding carboxylic acids is 1. The molecule has 0 aliphatic heterocycles. The van der Waals surface area contributed by atoms with Gasteiger partial charge in [-0.3, -0.25) is 9.79 Å². The molecule has 0 atom stereocenters. The van der Waals surface area contributed by atoms with Crippen LogP contribution in [0.4, 0.5) is 5.69 Å². The lowest BCUT2D eigenvalue weighted by Crippen LogP contribution is -2.13. The zero-order valence-electron chi connectivity index (χ0n) is 15.9. The second-order valence-corrected chi connectivity index (χ2v) is 5.82. The Morgan fingerprint density at radius 3 is 2.07 bits per heavy atom. The summed E-state index contributed by atoms with van der Waals surface area (Å²) in [5, 5.41) is 0. The number of methoxy groups -OCH3 is 3. The predicted octanol–water partition coefficient (Wildman–Crippen LogP) is 3.83. The number of ketones is 1. The summed E-state index contributed by atoms with van der Waals surface area (Å²) < 4.78 is 15.7. The second-order valence-electron chi connectivity index (χ2n) is 5.82. The topological polar surface area (TPSA) is 69.5 Å². The van der Waals surface area contributed by atoms with Crippen molar-refractivity contribution >= 4 is 22.9 Å². The summed E-state index contributed by atoms with van der Waals surface area (Å²) in [6.45, 7) is 0. The lowest BCUT2D eigenvalue weighted by atomic mass is 10.1. The van der Waals surface area contributed by atoms with Gasteiger partial charge in [-0.1, -0.05) is 18.2 Å². The van der Waals surface area contributed by atoms with Crippen molar-refractivity contribution in [2.45, 2.75) is 0 Å². The molecule has 0 N–H and O–H groups in total. The highest BCUT2D eigenvalue weighted by Gasteiger charge is 2.21. The van der Waals surface area contributed by atoms with Crippen molar-refractivity contribution < 1.29 is 19.0 Å². The maximum absolute atomic E-state index is 12.0. The molecule has 0 fully saturated rings. The average Bonchev–Trinajstić information content (AvgIpc) is 2.74.